The summed E-state index contributed by atoms with van der Waals surface area (Å²) in [6, 6.07) is 0. The van der Waals surface area contributed by atoms with Gasteiger partial charge in [0.1, 0.15) is 4.83 Å². The lowest BCUT2D eigenvalue weighted by atomic mass is 9.97. The Balaban J connectivity index is 2.28. The Kier molecular flexibility index (Phi) is 1.91. The molecule has 4 rings (SSSR count). The van der Waals surface area contributed by atoms with Gasteiger partial charge < -0.3 is 4.57 Å². The maximum Gasteiger partial charge on any atom is 0.286 e. The molecule has 6 nitrogen and oxygen atoms in total. The smallest absolute Gasteiger partial charge is 0.286 e. The fourth-order valence-corrected chi connectivity index (χ4v) is 4.07. The van der Waals surface area contributed by atoms with E-state index in [9.17, 15) is 4.79 Å². The van der Waals surface area contributed by atoms with Crippen molar-refractivity contribution in [2.75, 3.05) is 0 Å². The number of fused-ring (bicyclic) bond motifs is 4. The fourth-order valence-electron chi connectivity index (χ4n) is 2.73. The highest BCUT2D eigenvalue weighted by molar-refractivity contribution is 7.18. The largest absolute Gasteiger partial charge is 0.303 e. The Bertz CT molecular complexity index is 827. The van der Waals surface area contributed by atoms with Crippen LogP contribution in [0.4, 0.5) is 0 Å². The lowest BCUT2D eigenvalue weighted by Crippen LogP contribution is -2.19. The lowest BCUT2D eigenvalue weighted by molar-refractivity contribution is 0.699. The first-order chi connectivity index (χ1) is 8.77. The second-order valence-electron chi connectivity index (χ2n) is 4.65. The van der Waals surface area contributed by atoms with Crippen molar-refractivity contribution in [3.8, 4) is 0 Å². The molecule has 3 heterocycles. The minimum atomic E-state index is -0.0810. The minimum Gasteiger partial charge on any atom is -0.303 e. The van der Waals surface area contributed by atoms with Gasteiger partial charge in [-0.15, -0.1) is 15.9 Å². The number of aromatic nitrogens is 5. The minimum absolute atomic E-state index is 0.0810. The monoisotopic (exact) mass is 261 g/mol. The predicted octanol–water partition coefficient (Wildman–Crippen LogP) is 0.916. The molecule has 7 heteroatoms. The van der Waals surface area contributed by atoms with Gasteiger partial charge in [-0.25, -0.2) is 0 Å². The second kappa shape index (κ2) is 3.38. The van der Waals surface area contributed by atoms with Crippen LogP contribution in [-0.2, 0) is 19.9 Å². The van der Waals surface area contributed by atoms with E-state index in [4.69, 9.17) is 0 Å². The van der Waals surface area contributed by atoms with Gasteiger partial charge in [-0.2, -0.15) is 0 Å². The summed E-state index contributed by atoms with van der Waals surface area (Å²) in [7, 11) is 1.91. The van der Waals surface area contributed by atoms with Crippen molar-refractivity contribution >= 4 is 27.3 Å². The maximum atomic E-state index is 12.4. The van der Waals surface area contributed by atoms with E-state index in [0.29, 0.717) is 5.78 Å². The summed E-state index contributed by atoms with van der Waals surface area (Å²) in [5.41, 5.74) is 1.14. The highest BCUT2D eigenvalue weighted by Crippen LogP contribution is 2.34. The van der Waals surface area contributed by atoms with Crippen molar-refractivity contribution in [1.29, 1.82) is 0 Å². The topological polar surface area (TPSA) is 65.1 Å². The third-order valence-corrected chi connectivity index (χ3v) is 4.98. The van der Waals surface area contributed by atoms with Crippen LogP contribution in [0.3, 0.4) is 0 Å². The molecule has 0 N–H and O–H groups in total. The molecule has 18 heavy (non-hydrogen) atoms. The standard InChI is InChI=1S/C11H11N5OS/c1-15-10-8(6-4-2-3-5-7(6)18-10)9(17)16-11(15)12-13-14-16/h2-5H2,1H3. The molecular formula is C11H11N5OS. The van der Waals surface area contributed by atoms with Gasteiger partial charge in [-0.05, 0) is 41.7 Å². The van der Waals surface area contributed by atoms with Crippen LogP contribution in [0.2, 0.25) is 0 Å². The summed E-state index contributed by atoms with van der Waals surface area (Å²) in [6.45, 7) is 0. The zero-order valence-electron chi connectivity index (χ0n) is 9.88. The van der Waals surface area contributed by atoms with E-state index in [1.165, 1.54) is 21.4 Å². The van der Waals surface area contributed by atoms with Crippen molar-refractivity contribution < 1.29 is 0 Å². The Labute approximate surface area is 106 Å². The van der Waals surface area contributed by atoms with Crippen LogP contribution in [-0.4, -0.2) is 24.6 Å². The molecule has 3 aromatic heterocycles. The quantitative estimate of drug-likeness (QED) is 0.603. The Morgan fingerprint density at radius 2 is 2.11 bits per heavy atom. The molecule has 1 aliphatic rings. The van der Waals surface area contributed by atoms with Crippen molar-refractivity contribution in [3.05, 3.63) is 20.8 Å². The molecule has 0 saturated heterocycles. The van der Waals surface area contributed by atoms with Crippen LogP contribution in [0.15, 0.2) is 4.79 Å². The zero-order chi connectivity index (χ0) is 12.3. The van der Waals surface area contributed by atoms with Crippen molar-refractivity contribution in [2.45, 2.75) is 25.7 Å². The molecule has 3 aromatic rings. The summed E-state index contributed by atoms with van der Waals surface area (Å²) < 4.78 is 3.21. The summed E-state index contributed by atoms with van der Waals surface area (Å²) in [6.07, 6.45) is 4.46. The van der Waals surface area contributed by atoms with Crippen LogP contribution in [0.5, 0.6) is 0 Å². The van der Waals surface area contributed by atoms with Crippen molar-refractivity contribution in [2.24, 2.45) is 7.05 Å². The summed E-state index contributed by atoms with van der Waals surface area (Å²) in [4.78, 5) is 14.8. The average molecular weight is 261 g/mol. The molecule has 0 aromatic carbocycles. The lowest BCUT2D eigenvalue weighted by Gasteiger charge is -2.09. The highest BCUT2D eigenvalue weighted by Gasteiger charge is 2.22. The number of hydrogen-bond donors (Lipinski definition) is 0. The molecule has 0 saturated carbocycles. The summed E-state index contributed by atoms with van der Waals surface area (Å²) in [5.74, 6) is 0.506. The molecule has 0 unspecified atom stereocenters. The first kappa shape index (κ1) is 10.2. The first-order valence-corrected chi connectivity index (χ1v) is 6.80. The van der Waals surface area contributed by atoms with Crippen LogP contribution < -0.4 is 5.56 Å². The summed E-state index contributed by atoms with van der Waals surface area (Å²) in [5, 5.41) is 12.1. The van der Waals surface area contributed by atoms with Crippen LogP contribution >= 0.6 is 11.3 Å². The fraction of sp³-hybridized carbons (Fsp3) is 0.455. The predicted molar refractivity (Wildman–Crippen MR) is 68.0 cm³/mol. The maximum absolute atomic E-state index is 12.4. The molecule has 0 spiro atoms. The third kappa shape index (κ3) is 1.12. The normalized spacial score (nSPS) is 15.4. The van der Waals surface area contributed by atoms with Gasteiger partial charge in [-0.3, -0.25) is 4.79 Å². The van der Waals surface area contributed by atoms with Crippen LogP contribution in [0, 0.1) is 0 Å². The molecule has 0 amide bonds. The number of aryl methyl sites for hydroxylation is 3. The Hall–Kier alpha value is -1.76. The van der Waals surface area contributed by atoms with Gasteiger partial charge in [0.2, 0.25) is 0 Å². The Morgan fingerprint density at radius 3 is 3.00 bits per heavy atom. The van der Waals surface area contributed by atoms with Gasteiger partial charge in [-0.1, -0.05) is 5.10 Å². The molecule has 0 radical (unpaired) electrons. The van der Waals surface area contributed by atoms with E-state index in [2.05, 4.69) is 15.5 Å². The second-order valence-corrected chi connectivity index (χ2v) is 5.73. The highest BCUT2D eigenvalue weighted by atomic mass is 32.1. The molecular weight excluding hydrogens is 250 g/mol. The molecule has 0 fully saturated rings. The van der Waals surface area contributed by atoms with E-state index in [1.54, 1.807) is 11.3 Å². The molecule has 1 aliphatic carbocycles. The van der Waals surface area contributed by atoms with Crippen LogP contribution in [0.1, 0.15) is 23.3 Å². The molecule has 0 aliphatic heterocycles. The number of nitrogens with zero attached hydrogens (tertiary/aromatic N) is 5. The van der Waals surface area contributed by atoms with Crippen LogP contribution in [0.25, 0.3) is 16.0 Å². The van der Waals surface area contributed by atoms with E-state index < -0.39 is 0 Å². The number of rotatable bonds is 0. The molecule has 92 valence electrons. The zero-order valence-corrected chi connectivity index (χ0v) is 10.7. The van der Waals surface area contributed by atoms with E-state index in [1.807, 2.05) is 11.6 Å². The van der Waals surface area contributed by atoms with Gasteiger partial charge in [0.15, 0.2) is 0 Å². The Morgan fingerprint density at radius 1 is 1.28 bits per heavy atom. The van der Waals surface area contributed by atoms with Gasteiger partial charge in [0.05, 0.1) is 5.39 Å². The third-order valence-electron chi connectivity index (χ3n) is 3.62. The van der Waals surface area contributed by atoms with E-state index >= 15 is 0 Å². The van der Waals surface area contributed by atoms with E-state index in [0.717, 1.165) is 29.5 Å². The van der Waals surface area contributed by atoms with E-state index in [-0.39, 0.29) is 5.56 Å². The number of thiophene rings is 1. The average Bonchev–Trinajstić information content (AvgIpc) is 3.00. The SMILES string of the molecule is Cn1c2sc3c(c2c(=O)n2nnnc12)CCCC3. The van der Waals surface area contributed by atoms with Gasteiger partial charge in [0, 0.05) is 11.9 Å². The number of hydrogen-bond acceptors (Lipinski definition) is 5. The van der Waals surface area contributed by atoms with Crippen molar-refractivity contribution in [1.82, 2.24) is 24.6 Å². The van der Waals surface area contributed by atoms with Crippen molar-refractivity contribution in [3.63, 3.8) is 0 Å². The van der Waals surface area contributed by atoms with Gasteiger partial charge >= 0.3 is 0 Å². The molecule has 0 atom stereocenters. The molecule has 0 bridgehead atoms. The first-order valence-electron chi connectivity index (χ1n) is 5.98. The summed E-state index contributed by atoms with van der Waals surface area (Å²) >= 11 is 1.71. The van der Waals surface area contributed by atoms with Gasteiger partial charge in [0.25, 0.3) is 11.3 Å². The number of tetrazole rings is 1.